The standard InChI is InChI=1S/C10H16N2O2/c1-3-4-10(12-8-14)6-5-9(2)11-7-13/h9-10H,3-6H2,1-2H3. The summed E-state index contributed by atoms with van der Waals surface area (Å²) in [5.74, 6) is 0. The van der Waals surface area contributed by atoms with E-state index in [1.807, 2.05) is 13.8 Å². The van der Waals surface area contributed by atoms with Gasteiger partial charge in [-0.15, -0.1) is 0 Å². The van der Waals surface area contributed by atoms with E-state index in [4.69, 9.17) is 0 Å². The molecule has 0 aliphatic carbocycles. The minimum absolute atomic E-state index is 0.0294. The molecule has 0 saturated carbocycles. The highest BCUT2D eigenvalue weighted by Crippen LogP contribution is 2.11. The summed E-state index contributed by atoms with van der Waals surface area (Å²) in [5.41, 5.74) is 0. The SMILES string of the molecule is CCCC(CCC(C)N=C=O)N=C=O. The summed E-state index contributed by atoms with van der Waals surface area (Å²) in [6, 6.07) is -0.00416. The number of rotatable bonds is 7. The van der Waals surface area contributed by atoms with Gasteiger partial charge in [0.15, 0.2) is 0 Å². The summed E-state index contributed by atoms with van der Waals surface area (Å²) >= 11 is 0. The van der Waals surface area contributed by atoms with Crippen LogP contribution in [0.2, 0.25) is 0 Å². The van der Waals surface area contributed by atoms with Crippen LogP contribution in [0.25, 0.3) is 0 Å². The Kier molecular flexibility index (Phi) is 7.62. The van der Waals surface area contributed by atoms with E-state index in [9.17, 15) is 9.59 Å². The van der Waals surface area contributed by atoms with Gasteiger partial charge in [0.2, 0.25) is 12.2 Å². The zero-order valence-electron chi connectivity index (χ0n) is 8.69. The lowest BCUT2D eigenvalue weighted by Gasteiger charge is -2.09. The number of isocyanates is 2. The van der Waals surface area contributed by atoms with Gasteiger partial charge in [0.25, 0.3) is 0 Å². The van der Waals surface area contributed by atoms with Crippen LogP contribution in [0.1, 0.15) is 39.5 Å². The maximum atomic E-state index is 10.1. The summed E-state index contributed by atoms with van der Waals surface area (Å²) in [7, 11) is 0. The van der Waals surface area contributed by atoms with Gasteiger partial charge in [-0.05, 0) is 26.2 Å². The molecule has 4 nitrogen and oxygen atoms in total. The molecule has 0 amide bonds. The van der Waals surface area contributed by atoms with Crippen molar-refractivity contribution < 1.29 is 9.59 Å². The van der Waals surface area contributed by atoms with E-state index in [1.165, 1.54) is 6.08 Å². The van der Waals surface area contributed by atoms with Gasteiger partial charge in [-0.3, -0.25) is 0 Å². The molecular weight excluding hydrogens is 180 g/mol. The smallest absolute Gasteiger partial charge is 0.211 e. The topological polar surface area (TPSA) is 58.9 Å². The molecule has 0 aliphatic rings. The van der Waals surface area contributed by atoms with E-state index < -0.39 is 0 Å². The van der Waals surface area contributed by atoms with E-state index in [-0.39, 0.29) is 12.1 Å². The molecule has 0 aromatic carbocycles. The predicted molar refractivity (Wildman–Crippen MR) is 53.6 cm³/mol. The van der Waals surface area contributed by atoms with Crippen molar-refractivity contribution in [1.82, 2.24) is 0 Å². The van der Waals surface area contributed by atoms with Gasteiger partial charge in [-0.25, -0.2) is 19.6 Å². The normalized spacial score (nSPS) is 13.6. The highest BCUT2D eigenvalue weighted by Gasteiger charge is 2.08. The van der Waals surface area contributed by atoms with Crippen molar-refractivity contribution in [3.63, 3.8) is 0 Å². The van der Waals surface area contributed by atoms with Gasteiger partial charge >= 0.3 is 0 Å². The van der Waals surface area contributed by atoms with Crippen molar-refractivity contribution in [2.45, 2.75) is 51.6 Å². The van der Waals surface area contributed by atoms with Crippen molar-refractivity contribution in [2.24, 2.45) is 9.98 Å². The first-order chi connectivity index (χ1) is 6.74. The van der Waals surface area contributed by atoms with Crippen molar-refractivity contribution in [1.29, 1.82) is 0 Å². The van der Waals surface area contributed by atoms with Crippen LogP contribution in [0.15, 0.2) is 9.98 Å². The minimum atomic E-state index is -0.0336. The second-order valence-electron chi connectivity index (χ2n) is 3.31. The first-order valence-corrected chi connectivity index (χ1v) is 4.88. The van der Waals surface area contributed by atoms with E-state index in [2.05, 4.69) is 9.98 Å². The fraction of sp³-hybridized carbons (Fsp3) is 0.800. The van der Waals surface area contributed by atoms with Crippen LogP contribution < -0.4 is 0 Å². The van der Waals surface area contributed by atoms with Crippen LogP contribution in [-0.2, 0) is 9.59 Å². The Morgan fingerprint density at radius 1 is 1.07 bits per heavy atom. The Morgan fingerprint density at radius 3 is 2.21 bits per heavy atom. The quantitative estimate of drug-likeness (QED) is 0.462. The monoisotopic (exact) mass is 196 g/mol. The molecule has 0 aromatic rings. The molecule has 0 radical (unpaired) electrons. The molecule has 0 N–H and O–H groups in total. The number of hydrogen-bond donors (Lipinski definition) is 0. The molecule has 2 unspecified atom stereocenters. The Bertz CT molecular complexity index is 241. The van der Waals surface area contributed by atoms with Gasteiger partial charge in [0.1, 0.15) is 0 Å². The van der Waals surface area contributed by atoms with E-state index >= 15 is 0 Å². The molecule has 0 saturated heterocycles. The summed E-state index contributed by atoms with van der Waals surface area (Å²) in [6.07, 6.45) is 6.49. The Morgan fingerprint density at radius 2 is 1.71 bits per heavy atom. The third-order valence-corrected chi connectivity index (χ3v) is 2.05. The summed E-state index contributed by atoms with van der Waals surface area (Å²) < 4.78 is 0. The zero-order chi connectivity index (χ0) is 10.8. The highest BCUT2D eigenvalue weighted by molar-refractivity contribution is 5.34. The van der Waals surface area contributed by atoms with Crippen molar-refractivity contribution in [3.8, 4) is 0 Å². The second-order valence-corrected chi connectivity index (χ2v) is 3.31. The Hall–Kier alpha value is -1.24. The molecule has 78 valence electrons. The summed E-state index contributed by atoms with van der Waals surface area (Å²) in [6.45, 7) is 3.89. The molecule has 0 heterocycles. The molecule has 0 spiro atoms. The lowest BCUT2D eigenvalue weighted by molar-refractivity contribution is 0.497. The van der Waals surface area contributed by atoms with Gasteiger partial charge in [-0.2, -0.15) is 0 Å². The minimum Gasteiger partial charge on any atom is -0.211 e. The van der Waals surface area contributed by atoms with Crippen molar-refractivity contribution >= 4 is 12.2 Å². The molecule has 2 atom stereocenters. The molecule has 0 fully saturated rings. The first-order valence-electron chi connectivity index (χ1n) is 4.88. The van der Waals surface area contributed by atoms with Gasteiger partial charge < -0.3 is 0 Å². The third kappa shape index (κ3) is 6.30. The summed E-state index contributed by atoms with van der Waals surface area (Å²) in [4.78, 5) is 27.3. The van der Waals surface area contributed by atoms with E-state index in [1.54, 1.807) is 6.08 Å². The largest absolute Gasteiger partial charge is 0.235 e. The van der Waals surface area contributed by atoms with Crippen molar-refractivity contribution in [3.05, 3.63) is 0 Å². The molecule has 0 bridgehead atoms. The summed E-state index contributed by atoms with van der Waals surface area (Å²) in [5, 5.41) is 0. The molecule has 0 aliphatic heterocycles. The Labute approximate surface area is 84.1 Å². The van der Waals surface area contributed by atoms with E-state index in [0.29, 0.717) is 0 Å². The lowest BCUT2D eigenvalue weighted by Crippen LogP contribution is -2.08. The van der Waals surface area contributed by atoms with Crippen LogP contribution in [0.4, 0.5) is 0 Å². The number of aliphatic imine (C=N–C) groups is 2. The molecular formula is C10H16N2O2. The lowest BCUT2D eigenvalue weighted by atomic mass is 10.0. The third-order valence-electron chi connectivity index (χ3n) is 2.05. The second kappa shape index (κ2) is 8.36. The highest BCUT2D eigenvalue weighted by atomic mass is 16.1. The number of nitrogens with zero attached hydrogens (tertiary/aromatic N) is 2. The molecule has 14 heavy (non-hydrogen) atoms. The van der Waals surface area contributed by atoms with Crippen LogP contribution >= 0.6 is 0 Å². The fourth-order valence-electron chi connectivity index (χ4n) is 1.27. The number of carbonyl (C=O) groups excluding carboxylic acids is 2. The zero-order valence-corrected chi connectivity index (χ0v) is 8.69. The van der Waals surface area contributed by atoms with E-state index in [0.717, 1.165) is 25.7 Å². The first kappa shape index (κ1) is 12.8. The predicted octanol–water partition coefficient (Wildman–Crippen LogP) is 2.00. The average molecular weight is 196 g/mol. The molecule has 0 rings (SSSR count). The molecule has 0 aromatic heterocycles. The van der Waals surface area contributed by atoms with Crippen LogP contribution in [-0.4, -0.2) is 24.2 Å². The van der Waals surface area contributed by atoms with Crippen molar-refractivity contribution in [2.75, 3.05) is 0 Å². The number of hydrogen-bond acceptors (Lipinski definition) is 4. The maximum absolute atomic E-state index is 10.1. The van der Waals surface area contributed by atoms with Crippen LogP contribution in [0, 0.1) is 0 Å². The van der Waals surface area contributed by atoms with Gasteiger partial charge in [0, 0.05) is 0 Å². The van der Waals surface area contributed by atoms with Gasteiger partial charge in [-0.1, -0.05) is 13.3 Å². The average Bonchev–Trinajstić information content (AvgIpc) is 2.15. The van der Waals surface area contributed by atoms with Crippen LogP contribution in [0.3, 0.4) is 0 Å². The van der Waals surface area contributed by atoms with Gasteiger partial charge in [0.05, 0.1) is 12.1 Å². The molecule has 4 heteroatoms. The fourth-order valence-corrected chi connectivity index (χ4v) is 1.27. The maximum Gasteiger partial charge on any atom is 0.235 e. The Balaban J connectivity index is 3.91. The van der Waals surface area contributed by atoms with Crippen LogP contribution in [0.5, 0.6) is 0 Å².